The van der Waals surface area contributed by atoms with Crippen LogP contribution in [0.5, 0.6) is 0 Å². The molecule has 11 heavy (non-hydrogen) atoms. The van der Waals surface area contributed by atoms with Gasteiger partial charge in [-0.1, -0.05) is 19.1 Å². The van der Waals surface area contributed by atoms with Crippen LogP contribution in [0.2, 0.25) is 0 Å². The van der Waals surface area contributed by atoms with Crippen LogP contribution in [0, 0.1) is 3.57 Å². The van der Waals surface area contributed by atoms with E-state index in [0.29, 0.717) is 0 Å². The van der Waals surface area contributed by atoms with Gasteiger partial charge < -0.3 is 5.32 Å². The van der Waals surface area contributed by atoms with E-state index in [1.807, 2.05) is 0 Å². The van der Waals surface area contributed by atoms with Gasteiger partial charge in [0.2, 0.25) is 0 Å². The van der Waals surface area contributed by atoms with E-state index in [2.05, 4.69) is 59.1 Å². The number of anilines is 1. The fourth-order valence-electron chi connectivity index (χ4n) is 0.864. The Hall–Kier alpha value is -0.250. The number of hydrogen-bond acceptors (Lipinski definition) is 1. The second-order valence-corrected chi connectivity index (χ2v) is 3.57. The van der Waals surface area contributed by atoms with Crippen LogP contribution in [-0.4, -0.2) is 6.54 Å². The monoisotopic (exact) mass is 261 g/mol. The average molecular weight is 261 g/mol. The topological polar surface area (TPSA) is 12.0 Å². The van der Waals surface area contributed by atoms with Crippen molar-refractivity contribution in [3.8, 4) is 0 Å². The van der Waals surface area contributed by atoms with Crippen molar-refractivity contribution < 1.29 is 0 Å². The summed E-state index contributed by atoms with van der Waals surface area (Å²) < 4.78 is 1.29. The summed E-state index contributed by atoms with van der Waals surface area (Å²) in [6.45, 7) is 3.23. The first-order chi connectivity index (χ1) is 5.34. The Kier molecular flexibility index (Phi) is 3.69. The first-order valence-corrected chi connectivity index (χ1v) is 4.91. The van der Waals surface area contributed by atoms with Gasteiger partial charge in [0.15, 0.2) is 0 Å². The molecule has 1 rings (SSSR count). The van der Waals surface area contributed by atoms with E-state index in [-0.39, 0.29) is 0 Å². The lowest BCUT2D eigenvalue weighted by molar-refractivity contribution is 0.978. The van der Waals surface area contributed by atoms with Crippen molar-refractivity contribution in [2.24, 2.45) is 0 Å². The maximum absolute atomic E-state index is 3.36. The van der Waals surface area contributed by atoms with Crippen molar-refractivity contribution in [3.05, 3.63) is 27.8 Å². The lowest BCUT2D eigenvalue weighted by Crippen LogP contribution is -2.00. The van der Waals surface area contributed by atoms with E-state index < -0.39 is 0 Å². The van der Waals surface area contributed by atoms with Crippen LogP contribution in [-0.2, 0) is 0 Å². The number of nitrogens with one attached hydrogen (secondary N) is 1. The van der Waals surface area contributed by atoms with Crippen LogP contribution in [0.25, 0.3) is 0 Å². The molecule has 0 radical (unpaired) electrons. The Bertz CT molecular complexity index is 223. The molecule has 0 saturated carbocycles. The molecule has 0 aromatic heterocycles. The second-order valence-electron chi connectivity index (χ2n) is 2.41. The third-order valence-electron chi connectivity index (χ3n) is 1.44. The molecule has 0 saturated heterocycles. The predicted molar refractivity (Wildman–Crippen MR) is 57.9 cm³/mol. The van der Waals surface area contributed by atoms with Gasteiger partial charge in [0.05, 0.1) is 0 Å². The van der Waals surface area contributed by atoms with Crippen LogP contribution < -0.4 is 5.32 Å². The van der Waals surface area contributed by atoms with E-state index in [1.165, 1.54) is 15.7 Å². The Morgan fingerprint density at radius 3 is 2.73 bits per heavy atom. The molecular weight excluding hydrogens is 249 g/mol. The average Bonchev–Trinajstić information content (AvgIpc) is 2.03. The summed E-state index contributed by atoms with van der Waals surface area (Å²) in [7, 11) is 0. The highest BCUT2D eigenvalue weighted by Crippen LogP contribution is 2.16. The molecule has 0 aliphatic carbocycles. The zero-order valence-corrected chi connectivity index (χ0v) is 8.76. The molecule has 1 nitrogen and oxygen atoms in total. The fourth-order valence-corrected chi connectivity index (χ4v) is 1.44. The number of halogens is 1. The fraction of sp³-hybridized carbons (Fsp3) is 0.333. The van der Waals surface area contributed by atoms with Crippen molar-refractivity contribution in [2.45, 2.75) is 13.3 Å². The van der Waals surface area contributed by atoms with Gasteiger partial charge in [0.25, 0.3) is 0 Å². The molecule has 2 heteroatoms. The van der Waals surface area contributed by atoms with Crippen molar-refractivity contribution in [1.82, 2.24) is 0 Å². The SMILES string of the molecule is CCCNc1ccccc1I. The minimum Gasteiger partial charge on any atom is -0.384 e. The van der Waals surface area contributed by atoms with Gasteiger partial charge in [-0.25, -0.2) is 0 Å². The summed E-state index contributed by atoms with van der Waals surface area (Å²) in [5, 5.41) is 3.36. The summed E-state index contributed by atoms with van der Waals surface area (Å²) in [5.74, 6) is 0. The quantitative estimate of drug-likeness (QED) is 0.824. The molecule has 0 aliphatic heterocycles. The zero-order valence-electron chi connectivity index (χ0n) is 6.60. The maximum atomic E-state index is 3.36. The molecule has 0 aliphatic rings. The number of benzene rings is 1. The highest BCUT2D eigenvalue weighted by atomic mass is 127. The smallest absolute Gasteiger partial charge is 0.0475 e. The molecule has 0 atom stereocenters. The molecule has 1 aromatic rings. The van der Waals surface area contributed by atoms with Crippen LogP contribution >= 0.6 is 22.6 Å². The summed E-state index contributed by atoms with van der Waals surface area (Å²) >= 11 is 2.34. The van der Waals surface area contributed by atoms with E-state index in [0.717, 1.165) is 6.54 Å². The van der Waals surface area contributed by atoms with Gasteiger partial charge in [-0.2, -0.15) is 0 Å². The molecular formula is C9H12IN. The Labute approximate surface area is 81.3 Å². The first-order valence-electron chi connectivity index (χ1n) is 3.83. The van der Waals surface area contributed by atoms with Gasteiger partial charge in [-0.15, -0.1) is 0 Å². The van der Waals surface area contributed by atoms with Crippen LogP contribution in [0.3, 0.4) is 0 Å². The molecule has 0 heterocycles. The summed E-state index contributed by atoms with van der Waals surface area (Å²) in [5.41, 5.74) is 1.25. The molecule has 1 aromatic carbocycles. The van der Waals surface area contributed by atoms with Gasteiger partial charge in [0, 0.05) is 15.8 Å². The molecule has 0 fully saturated rings. The van der Waals surface area contributed by atoms with Crippen molar-refractivity contribution >= 4 is 28.3 Å². The number of para-hydroxylation sites is 1. The van der Waals surface area contributed by atoms with Crippen LogP contribution in [0.15, 0.2) is 24.3 Å². The van der Waals surface area contributed by atoms with Gasteiger partial charge in [0.1, 0.15) is 0 Å². The molecule has 0 amide bonds. The normalized spacial score (nSPS) is 9.64. The van der Waals surface area contributed by atoms with Crippen LogP contribution in [0.4, 0.5) is 5.69 Å². The number of rotatable bonds is 3. The van der Waals surface area contributed by atoms with E-state index in [4.69, 9.17) is 0 Å². The van der Waals surface area contributed by atoms with Crippen molar-refractivity contribution in [3.63, 3.8) is 0 Å². The van der Waals surface area contributed by atoms with Gasteiger partial charge in [-0.3, -0.25) is 0 Å². The third-order valence-corrected chi connectivity index (χ3v) is 2.38. The minimum atomic E-state index is 1.06. The first kappa shape index (κ1) is 8.84. The Morgan fingerprint density at radius 2 is 2.09 bits per heavy atom. The summed E-state index contributed by atoms with van der Waals surface area (Å²) in [6.07, 6.45) is 1.17. The standard InChI is InChI=1S/C9H12IN/c1-2-7-11-9-6-4-3-5-8(9)10/h3-6,11H,2,7H2,1H3. The maximum Gasteiger partial charge on any atom is 0.0475 e. The van der Waals surface area contributed by atoms with E-state index in [1.54, 1.807) is 0 Å². The van der Waals surface area contributed by atoms with Crippen molar-refractivity contribution in [1.29, 1.82) is 0 Å². The zero-order chi connectivity index (χ0) is 8.10. The van der Waals surface area contributed by atoms with E-state index in [9.17, 15) is 0 Å². The lowest BCUT2D eigenvalue weighted by Gasteiger charge is -2.05. The minimum absolute atomic E-state index is 1.06. The van der Waals surface area contributed by atoms with Gasteiger partial charge >= 0.3 is 0 Å². The second kappa shape index (κ2) is 4.59. The van der Waals surface area contributed by atoms with Gasteiger partial charge in [-0.05, 0) is 41.1 Å². The van der Waals surface area contributed by atoms with Crippen LogP contribution in [0.1, 0.15) is 13.3 Å². The highest BCUT2D eigenvalue weighted by molar-refractivity contribution is 14.1. The number of hydrogen-bond donors (Lipinski definition) is 1. The highest BCUT2D eigenvalue weighted by Gasteiger charge is 1.93. The van der Waals surface area contributed by atoms with Crippen molar-refractivity contribution in [2.75, 3.05) is 11.9 Å². The lowest BCUT2D eigenvalue weighted by atomic mass is 10.3. The predicted octanol–water partition coefficient (Wildman–Crippen LogP) is 3.11. The molecule has 0 bridgehead atoms. The molecule has 60 valence electrons. The summed E-state index contributed by atoms with van der Waals surface area (Å²) in [4.78, 5) is 0. The molecule has 0 spiro atoms. The Morgan fingerprint density at radius 1 is 1.36 bits per heavy atom. The molecule has 1 N–H and O–H groups in total. The Balaban J connectivity index is 2.62. The summed E-state index contributed by atoms with van der Waals surface area (Å²) in [6, 6.07) is 8.33. The molecule has 0 unspecified atom stereocenters. The third kappa shape index (κ3) is 2.69. The van der Waals surface area contributed by atoms with E-state index >= 15 is 0 Å². The largest absolute Gasteiger partial charge is 0.384 e.